The third-order valence-corrected chi connectivity index (χ3v) is 2.37. The second-order valence-electron chi connectivity index (χ2n) is 3.58. The summed E-state index contributed by atoms with van der Waals surface area (Å²) in [5, 5.41) is 0. The highest BCUT2D eigenvalue weighted by Crippen LogP contribution is 2.15. The molecule has 0 unspecified atom stereocenters. The molecule has 0 aliphatic heterocycles. The van der Waals surface area contributed by atoms with E-state index in [1.165, 1.54) is 5.69 Å². The zero-order valence-corrected chi connectivity index (χ0v) is 8.74. The molecule has 1 N–H and O–H groups in total. The Morgan fingerprint density at radius 1 is 1.20 bits per heavy atom. The summed E-state index contributed by atoms with van der Waals surface area (Å²) in [5.41, 5.74) is 2.33. The molecular weight excluding hydrogens is 184 g/mol. The SMILES string of the molecule is [CH2]CCCc1cnc(-c2ccccc2)[nH]1. The number of aromatic amines is 1. The van der Waals surface area contributed by atoms with E-state index in [0.717, 1.165) is 30.7 Å². The van der Waals surface area contributed by atoms with E-state index in [-0.39, 0.29) is 0 Å². The van der Waals surface area contributed by atoms with Gasteiger partial charge in [0.25, 0.3) is 0 Å². The van der Waals surface area contributed by atoms with Crippen LogP contribution in [0.25, 0.3) is 11.4 Å². The molecule has 2 nitrogen and oxygen atoms in total. The van der Waals surface area contributed by atoms with Gasteiger partial charge in [-0.3, -0.25) is 0 Å². The molecule has 1 radical (unpaired) electrons. The highest BCUT2D eigenvalue weighted by atomic mass is 14.9. The quantitative estimate of drug-likeness (QED) is 0.804. The van der Waals surface area contributed by atoms with Crippen molar-refractivity contribution in [3.8, 4) is 11.4 Å². The maximum absolute atomic E-state index is 4.36. The van der Waals surface area contributed by atoms with Gasteiger partial charge in [-0.1, -0.05) is 43.7 Å². The minimum atomic E-state index is 0.953. The number of hydrogen-bond acceptors (Lipinski definition) is 1. The fraction of sp³-hybridized carbons (Fsp3) is 0.231. The van der Waals surface area contributed by atoms with Gasteiger partial charge >= 0.3 is 0 Å². The molecule has 15 heavy (non-hydrogen) atoms. The van der Waals surface area contributed by atoms with Gasteiger partial charge in [0.2, 0.25) is 0 Å². The molecule has 0 fully saturated rings. The number of imidazole rings is 1. The average molecular weight is 199 g/mol. The van der Waals surface area contributed by atoms with E-state index in [2.05, 4.69) is 29.0 Å². The Kier molecular flexibility index (Phi) is 3.18. The normalized spacial score (nSPS) is 10.5. The molecule has 77 valence electrons. The molecule has 0 aliphatic carbocycles. The molecule has 0 aliphatic rings. The molecule has 0 atom stereocenters. The fourth-order valence-electron chi connectivity index (χ4n) is 1.54. The van der Waals surface area contributed by atoms with Gasteiger partial charge in [-0.25, -0.2) is 4.98 Å². The molecule has 2 rings (SSSR count). The van der Waals surface area contributed by atoms with Crippen molar-refractivity contribution in [3.05, 3.63) is 49.1 Å². The van der Waals surface area contributed by atoms with E-state index in [1.54, 1.807) is 0 Å². The Morgan fingerprint density at radius 2 is 2.00 bits per heavy atom. The third kappa shape index (κ3) is 2.46. The topological polar surface area (TPSA) is 28.7 Å². The number of nitrogens with zero attached hydrogens (tertiary/aromatic N) is 1. The number of aryl methyl sites for hydroxylation is 1. The van der Waals surface area contributed by atoms with Crippen molar-refractivity contribution < 1.29 is 0 Å². The number of hydrogen-bond donors (Lipinski definition) is 1. The number of rotatable bonds is 4. The molecule has 1 aromatic carbocycles. The van der Waals surface area contributed by atoms with Crippen molar-refractivity contribution in [1.82, 2.24) is 9.97 Å². The number of unbranched alkanes of at least 4 members (excludes halogenated alkanes) is 1. The van der Waals surface area contributed by atoms with Crippen molar-refractivity contribution in [2.75, 3.05) is 0 Å². The van der Waals surface area contributed by atoms with Crippen molar-refractivity contribution in [1.29, 1.82) is 0 Å². The number of benzene rings is 1. The van der Waals surface area contributed by atoms with E-state index >= 15 is 0 Å². The first-order chi connectivity index (χ1) is 7.40. The van der Waals surface area contributed by atoms with Crippen LogP contribution in [0.4, 0.5) is 0 Å². The summed E-state index contributed by atoms with van der Waals surface area (Å²) >= 11 is 0. The predicted molar refractivity (Wildman–Crippen MR) is 62.3 cm³/mol. The summed E-state index contributed by atoms with van der Waals surface area (Å²) in [7, 11) is 0. The van der Waals surface area contributed by atoms with Crippen LogP contribution in [-0.4, -0.2) is 9.97 Å². The maximum Gasteiger partial charge on any atom is 0.137 e. The van der Waals surface area contributed by atoms with Gasteiger partial charge in [0.15, 0.2) is 0 Å². The largest absolute Gasteiger partial charge is 0.342 e. The van der Waals surface area contributed by atoms with Gasteiger partial charge in [-0.2, -0.15) is 0 Å². The summed E-state index contributed by atoms with van der Waals surface area (Å²) in [6, 6.07) is 10.2. The third-order valence-electron chi connectivity index (χ3n) is 2.37. The zero-order chi connectivity index (χ0) is 10.5. The van der Waals surface area contributed by atoms with Gasteiger partial charge in [0.1, 0.15) is 5.82 Å². The van der Waals surface area contributed by atoms with E-state index in [9.17, 15) is 0 Å². The summed E-state index contributed by atoms with van der Waals surface area (Å²) in [6.07, 6.45) is 5.03. The summed E-state index contributed by atoms with van der Waals surface area (Å²) in [4.78, 5) is 7.69. The first kappa shape index (κ1) is 9.97. The van der Waals surface area contributed by atoms with Gasteiger partial charge in [-0.05, 0) is 12.8 Å². The minimum absolute atomic E-state index is 0.953. The number of H-pyrrole nitrogens is 1. The zero-order valence-electron chi connectivity index (χ0n) is 8.74. The van der Waals surface area contributed by atoms with Crippen molar-refractivity contribution in [2.45, 2.75) is 19.3 Å². The van der Waals surface area contributed by atoms with Crippen molar-refractivity contribution in [2.24, 2.45) is 0 Å². The van der Waals surface area contributed by atoms with Crippen LogP contribution in [-0.2, 0) is 6.42 Å². The number of aromatic nitrogens is 2. The van der Waals surface area contributed by atoms with Crippen molar-refractivity contribution >= 4 is 0 Å². The second kappa shape index (κ2) is 4.78. The molecular formula is C13H15N2. The lowest BCUT2D eigenvalue weighted by Gasteiger charge is -1.96. The van der Waals surface area contributed by atoms with Crippen LogP contribution < -0.4 is 0 Å². The van der Waals surface area contributed by atoms with Crippen LogP contribution >= 0.6 is 0 Å². The van der Waals surface area contributed by atoms with Crippen LogP contribution in [0.2, 0.25) is 0 Å². The smallest absolute Gasteiger partial charge is 0.137 e. The number of nitrogens with one attached hydrogen (secondary N) is 1. The van der Waals surface area contributed by atoms with E-state index in [4.69, 9.17) is 0 Å². The maximum atomic E-state index is 4.36. The van der Waals surface area contributed by atoms with Crippen LogP contribution in [0.15, 0.2) is 36.5 Å². The van der Waals surface area contributed by atoms with Gasteiger partial charge in [0, 0.05) is 17.5 Å². The van der Waals surface area contributed by atoms with Gasteiger partial charge < -0.3 is 4.98 Å². The van der Waals surface area contributed by atoms with Gasteiger partial charge in [0.05, 0.1) is 0 Å². The molecule has 1 aromatic heterocycles. The molecule has 2 aromatic rings. The average Bonchev–Trinajstić information content (AvgIpc) is 2.76. The predicted octanol–water partition coefficient (Wildman–Crippen LogP) is 3.23. The van der Waals surface area contributed by atoms with Crippen molar-refractivity contribution in [3.63, 3.8) is 0 Å². The van der Waals surface area contributed by atoms with E-state index in [1.807, 2.05) is 24.4 Å². The Hall–Kier alpha value is -1.57. The Bertz CT molecular complexity index is 403. The molecule has 2 heteroatoms. The summed E-state index contributed by atoms with van der Waals surface area (Å²) in [5.74, 6) is 0.953. The summed E-state index contributed by atoms with van der Waals surface area (Å²) in [6.45, 7) is 3.83. The molecule has 0 spiro atoms. The molecule has 0 bridgehead atoms. The van der Waals surface area contributed by atoms with E-state index < -0.39 is 0 Å². The van der Waals surface area contributed by atoms with Crippen LogP contribution in [0.5, 0.6) is 0 Å². The fourth-order valence-corrected chi connectivity index (χ4v) is 1.54. The lowest BCUT2D eigenvalue weighted by Crippen LogP contribution is -1.84. The standard InChI is InChI=1S/C13H15N2/c1-2-3-9-12-10-14-13(15-12)11-7-5-4-6-8-11/h4-8,10H,1-3,9H2,(H,14,15). The molecule has 0 saturated carbocycles. The highest BCUT2D eigenvalue weighted by Gasteiger charge is 2.01. The molecule has 1 heterocycles. The molecule has 0 amide bonds. The lowest BCUT2D eigenvalue weighted by molar-refractivity contribution is 0.822. The van der Waals surface area contributed by atoms with Crippen LogP contribution in [0, 0.1) is 6.92 Å². The monoisotopic (exact) mass is 199 g/mol. The minimum Gasteiger partial charge on any atom is -0.342 e. The van der Waals surface area contributed by atoms with E-state index in [0.29, 0.717) is 0 Å². The van der Waals surface area contributed by atoms with Gasteiger partial charge in [-0.15, -0.1) is 0 Å². The second-order valence-corrected chi connectivity index (χ2v) is 3.58. The van der Waals surface area contributed by atoms with Crippen LogP contribution in [0.1, 0.15) is 18.5 Å². The first-order valence-corrected chi connectivity index (χ1v) is 5.28. The molecule has 0 saturated heterocycles. The first-order valence-electron chi connectivity index (χ1n) is 5.28. The lowest BCUT2D eigenvalue weighted by atomic mass is 10.2. The summed E-state index contributed by atoms with van der Waals surface area (Å²) < 4.78 is 0. The van der Waals surface area contributed by atoms with Crippen LogP contribution in [0.3, 0.4) is 0 Å². The Balaban J connectivity index is 2.14. The highest BCUT2D eigenvalue weighted by molar-refractivity contribution is 5.54. The Labute approximate surface area is 90.4 Å². The Morgan fingerprint density at radius 3 is 2.73 bits per heavy atom.